The van der Waals surface area contributed by atoms with E-state index in [1.165, 1.54) is 23.4 Å². The van der Waals surface area contributed by atoms with Crippen molar-refractivity contribution in [3.8, 4) is 17.0 Å². The van der Waals surface area contributed by atoms with Crippen molar-refractivity contribution >= 4 is 5.91 Å². The van der Waals surface area contributed by atoms with Crippen LogP contribution < -0.4 is 10.1 Å². The van der Waals surface area contributed by atoms with E-state index in [-0.39, 0.29) is 11.9 Å². The number of hydrogen-bond acceptors (Lipinski definition) is 3. The Morgan fingerprint density at radius 2 is 2.10 bits per heavy atom. The Morgan fingerprint density at radius 1 is 1.21 bits per heavy atom. The molecule has 1 aliphatic carbocycles. The topological polar surface area (TPSA) is 56.1 Å². The number of ether oxygens (including phenoxy) is 1. The fourth-order valence-corrected chi connectivity index (χ4v) is 4.54. The highest BCUT2D eigenvalue weighted by Gasteiger charge is 2.26. The van der Waals surface area contributed by atoms with Gasteiger partial charge in [0.2, 0.25) is 0 Å². The Bertz CT molecular complexity index is 1080. The van der Waals surface area contributed by atoms with E-state index in [1.54, 1.807) is 13.2 Å². The lowest BCUT2D eigenvalue weighted by molar-refractivity contribution is 0.0936. The molecule has 0 saturated carbocycles. The molecule has 2 heterocycles. The van der Waals surface area contributed by atoms with E-state index < -0.39 is 0 Å². The van der Waals surface area contributed by atoms with Gasteiger partial charge in [0, 0.05) is 30.3 Å². The van der Waals surface area contributed by atoms with Gasteiger partial charge < -0.3 is 14.6 Å². The zero-order valence-corrected chi connectivity index (χ0v) is 16.9. The fraction of sp³-hybridized carbons (Fsp3) is 0.333. The molecule has 0 saturated heterocycles. The normalized spacial score (nSPS) is 17.1. The third kappa shape index (κ3) is 3.31. The van der Waals surface area contributed by atoms with Crippen molar-refractivity contribution < 1.29 is 9.53 Å². The maximum Gasteiger partial charge on any atom is 0.251 e. The summed E-state index contributed by atoms with van der Waals surface area (Å²) in [6.07, 6.45) is 6.31. The molecular weight excluding hydrogens is 362 g/mol. The van der Waals surface area contributed by atoms with Crippen LogP contribution in [0.2, 0.25) is 0 Å². The molecule has 0 fully saturated rings. The van der Waals surface area contributed by atoms with E-state index in [9.17, 15) is 4.79 Å². The molecule has 1 N–H and O–H groups in total. The van der Waals surface area contributed by atoms with Crippen molar-refractivity contribution in [3.63, 3.8) is 0 Å². The highest BCUT2D eigenvalue weighted by Crippen LogP contribution is 2.35. The van der Waals surface area contributed by atoms with E-state index in [4.69, 9.17) is 9.72 Å². The maximum absolute atomic E-state index is 12.9. The number of fused-ring (bicyclic) bond motifs is 2. The lowest BCUT2D eigenvalue weighted by Crippen LogP contribution is -2.27. The van der Waals surface area contributed by atoms with E-state index in [0.29, 0.717) is 11.3 Å². The SMILES string of the molecule is COc1cc(C)cc(C(=O)NC2CCc3ccc(-c4cn5c(n4)CCC5)cc32)c1. The quantitative estimate of drug-likeness (QED) is 0.729. The van der Waals surface area contributed by atoms with Crippen LogP contribution in [0.4, 0.5) is 0 Å². The van der Waals surface area contributed by atoms with Gasteiger partial charge in [0.25, 0.3) is 5.91 Å². The van der Waals surface area contributed by atoms with Gasteiger partial charge in [-0.15, -0.1) is 0 Å². The second-order valence-corrected chi connectivity index (χ2v) is 8.06. The average Bonchev–Trinajstić information content (AvgIpc) is 3.42. The van der Waals surface area contributed by atoms with Crippen LogP contribution in [0.3, 0.4) is 0 Å². The van der Waals surface area contributed by atoms with Gasteiger partial charge in [-0.2, -0.15) is 0 Å². The van der Waals surface area contributed by atoms with Crippen molar-refractivity contribution in [1.82, 2.24) is 14.9 Å². The van der Waals surface area contributed by atoms with E-state index >= 15 is 0 Å². The molecule has 0 bridgehead atoms. The average molecular weight is 387 g/mol. The largest absolute Gasteiger partial charge is 0.497 e. The summed E-state index contributed by atoms with van der Waals surface area (Å²) in [4.78, 5) is 17.7. The van der Waals surface area contributed by atoms with Crippen molar-refractivity contribution in [1.29, 1.82) is 0 Å². The Hall–Kier alpha value is -3.08. The third-order valence-electron chi connectivity index (χ3n) is 6.03. The van der Waals surface area contributed by atoms with Crippen LogP contribution in [-0.2, 0) is 19.4 Å². The number of carbonyl (C=O) groups excluding carboxylic acids is 1. The number of imidazole rings is 1. The van der Waals surface area contributed by atoms with E-state index in [2.05, 4.69) is 34.3 Å². The number of amides is 1. The first kappa shape index (κ1) is 18.0. The van der Waals surface area contributed by atoms with Crippen molar-refractivity contribution in [3.05, 3.63) is 70.7 Å². The van der Waals surface area contributed by atoms with E-state index in [1.807, 2.05) is 19.1 Å². The van der Waals surface area contributed by atoms with Crippen molar-refractivity contribution in [2.24, 2.45) is 0 Å². The maximum atomic E-state index is 12.9. The lowest BCUT2D eigenvalue weighted by Gasteiger charge is -2.16. The summed E-state index contributed by atoms with van der Waals surface area (Å²) in [7, 11) is 1.62. The molecule has 0 spiro atoms. The summed E-state index contributed by atoms with van der Waals surface area (Å²) in [6, 6.07) is 12.2. The molecule has 5 nitrogen and oxygen atoms in total. The Balaban J connectivity index is 1.40. The fourth-order valence-electron chi connectivity index (χ4n) is 4.54. The van der Waals surface area contributed by atoms with Gasteiger partial charge in [0.1, 0.15) is 11.6 Å². The minimum atomic E-state index is -0.0591. The third-order valence-corrected chi connectivity index (χ3v) is 6.03. The summed E-state index contributed by atoms with van der Waals surface area (Å²) < 4.78 is 7.57. The highest BCUT2D eigenvalue weighted by atomic mass is 16.5. The van der Waals surface area contributed by atoms with Crippen LogP contribution in [0.25, 0.3) is 11.3 Å². The highest BCUT2D eigenvalue weighted by molar-refractivity contribution is 5.95. The van der Waals surface area contributed by atoms with Gasteiger partial charge in [-0.25, -0.2) is 4.98 Å². The monoisotopic (exact) mass is 387 g/mol. The van der Waals surface area contributed by atoms with Crippen LogP contribution in [0.5, 0.6) is 5.75 Å². The van der Waals surface area contributed by atoms with Crippen LogP contribution in [0.1, 0.15) is 51.8 Å². The predicted octanol–water partition coefficient (Wildman–Crippen LogP) is 4.23. The summed E-state index contributed by atoms with van der Waals surface area (Å²) in [5.74, 6) is 1.83. The van der Waals surface area contributed by atoms with E-state index in [0.717, 1.165) is 42.6 Å². The zero-order chi connectivity index (χ0) is 20.0. The molecule has 5 heteroatoms. The van der Waals surface area contributed by atoms with Gasteiger partial charge in [-0.05, 0) is 67.1 Å². The molecule has 2 aromatic carbocycles. The zero-order valence-electron chi connectivity index (χ0n) is 16.9. The molecule has 0 radical (unpaired) electrons. The van der Waals surface area contributed by atoms with Gasteiger partial charge >= 0.3 is 0 Å². The minimum absolute atomic E-state index is 0.0263. The van der Waals surface area contributed by atoms with Gasteiger partial charge in [-0.1, -0.05) is 12.1 Å². The molecule has 3 aromatic rings. The number of benzene rings is 2. The second-order valence-electron chi connectivity index (χ2n) is 8.06. The molecule has 2 aliphatic rings. The molecule has 1 aliphatic heterocycles. The minimum Gasteiger partial charge on any atom is -0.497 e. The first-order valence-corrected chi connectivity index (χ1v) is 10.3. The van der Waals surface area contributed by atoms with Crippen LogP contribution in [0, 0.1) is 6.92 Å². The molecule has 1 atom stereocenters. The number of methoxy groups -OCH3 is 1. The Kier molecular flexibility index (Phi) is 4.38. The molecule has 1 unspecified atom stereocenters. The van der Waals surface area contributed by atoms with Crippen LogP contribution >= 0.6 is 0 Å². The summed E-state index contributed by atoms with van der Waals surface area (Å²) in [5.41, 5.74) is 6.33. The van der Waals surface area contributed by atoms with Gasteiger partial charge in [0.05, 0.1) is 18.8 Å². The molecular formula is C24H25N3O2. The molecule has 29 heavy (non-hydrogen) atoms. The molecule has 5 rings (SSSR count). The number of hydrogen-bond donors (Lipinski definition) is 1. The van der Waals surface area contributed by atoms with Crippen LogP contribution in [0.15, 0.2) is 42.6 Å². The first-order chi connectivity index (χ1) is 14.1. The number of carbonyl (C=O) groups is 1. The summed E-state index contributed by atoms with van der Waals surface area (Å²) in [6.45, 7) is 3.03. The predicted molar refractivity (Wildman–Crippen MR) is 112 cm³/mol. The van der Waals surface area contributed by atoms with Gasteiger partial charge in [-0.3, -0.25) is 4.79 Å². The summed E-state index contributed by atoms with van der Waals surface area (Å²) in [5, 5.41) is 3.23. The number of aryl methyl sites for hydroxylation is 4. The second kappa shape index (κ2) is 7.07. The number of rotatable bonds is 4. The smallest absolute Gasteiger partial charge is 0.251 e. The van der Waals surface area contributed by atoms with Gasteiger partial charge in [0.15, 0.2) is 0 Å². The standard InChI is InChI=1S/C24H25N3O2/c1-15-10-18(12-19(11-15)29-2)24(28)26-21-8-7-16-5-6-17(13-20(16)21)22-14-27-9-3-4-23(27)25-22/h5-6,10-14,21H,3-4,7-9H2,1-2H3,(H,26,28). The molecule has 148 valence electrons. The Labute approximate surface area is 170 Å². The number of nitrogens with one attached hydrogen (secondary N) is 1. The van der Waals surface area contributed by atoms with Crippen LogP contribution in [-0.4, -0.2) is 22.6 Å². The summed E-state index contributed by atoms with van der Waals surface area (Å²) >= 11 is 0. The molecule has 1 amide bonds. The Morgan fingerprint density at radius 3 is 2.93 bits per heavy atom. The molecule has 1 aromatic heterocycles. The lowest BCUT2D eigenvalue weighted by atomic mass is 10.0. The number of aromatic nitrogens is 2. The number of nitrogens with zero attached hydrogens (tertiary/aromatic N) is 2. The van der Waals surface area contributed by atoms with Crippen molar-refractivity contribution in [2.45, 2.75) is 45.2 Å². The van der Waals surface area contributed by atoms with Crippen molar-refractivity contribution in [2.75, 3.05) is 7.11 Å². The first-order valence-electron chi connectivity index (χ1n) is 10.3.